The van der Waals surface area contributed by atoms with Gasteiger partial charge in [-0.15, -0.1) is 22.7 Å². The van der Waals surface area contributed by atoms with Crippen LogP contribution >= 0.6 is 34.4 Å². The van der Waals surface area contributed by atoms with Crippen molar-refractivity contribution in [1.29, 1.82) is 0 Å². The van der Waals surface area contributed by atoms with Crippen LogP contribution in [-0.4, -0.2) is 12.3 Å². The summed E-state index contributed by atoms with van der Waals surface area (Å²) >= 11 is 5.96. The lowest BCUT2D eigenvalue weighted by molar-refractivity contribution is 0.646. The van der Waals surface area contributed by atoms with E-state index in [1.54, 1.807) is 10.4 Å². The highest BCUT2D eigenvalue weighted by Crippen LogP contribution is 2.38. The predicted molar refractivity (Wildman–Crippen MR) is 88.8 cm³/mol. The summed E-state index contributed by atoms with van der Waals surface area (Å²) in [5, 5.41) is 5.87. The summed E-state index contributed by atoms with van der Waals surface area (Å²) in [4.78, 5) is 4.60. The van der Waals surface area contributed by atoms with Crippen LogP contribution in [0.25, 0.3) is 0 Å². The molecule has 1 aliphatic rings. The van der Waals surface area contributed by atoms with Crippen LogP contribution in [0.15, 0.2) is 17.5 Å². The molecule has 1 atom stereocenters. The zero-order valence-electron chi connectivity index (χ0n) is 11.4. The maximum atomic E-state index is 3.67. The molecule has 0 saturated carbocycles. The minimum Gasteiger partial charge on any atom is -0.305 e. The summed E-state index contributed by atoms with van der Waals surface area (Å²) in [5.41, 5.74) is 2.99. The van der Waals surface area contributed by atoms with Crippen molar-refractivity contribution in [1.82, 2.24) is 5.32 Å². The summed E-state index contributed by atoms with van der Waals surface area (Å²) in [6, 6.07) is 5.07. The van der Waals surface area contributed by atoms with Gasteiger partial charge in [0.1, 0.15) is 0 Å². The minimum absolute atomic E-state index is 0.394. The number of fused-ring (bicyclic) bond motifs is 1. The molecule has 3 rings (SSSR count). The molecule has 2 aromatic heterocycles. The Balaban J connectivity index is 1.96. The smallest absolute Gasteiger partial charge is 0.0767 e. The molecule has 0 saturated heterocycles. The molecule has 0 spiro atoms. The summed E-state index contributed by atoms with van der Waals surface area (Å²) in [7, 11) is 0. The Labute approximate surface area is 127 Å². The molecule has 1 N–H and O–H groups in total. The summed E-state index contributed by atoms with van der Waals surface area (Å²) in [5.74, 6) is 2.49. The molecule has 0 bridgehead atoms. The molecular formula is C15H19NS3. The van der Waals surface area contributed by atoms with Gasteiger partial charge in [0.2, 0.25) is 0 Å². The van der Waals surface area contributed by atoms with E-state index in [4.69, 9.17) is 0 Å². The van der Waals surface area contributed by atoms with Crippen LogP contribution in [0.3, 0.4) is 0 Å². The summed E-state index contributed by atoms with van der Waals surface area (Å²) < 4.78 is 0. The van der Waals surface area contributed by atoms with E-state index in [1.165, 1.54) is 33.2 Å². The van der Waals surface area contributed by atoms with Gasteiger partial charge in [0, 0.05) is 20.4 Å². The second-order valence-corrected chi connectivity index (χ2v) is 8.08. The second-order valence-electron chi connectivity index (χ2n) is 4.86. The van der Waals surface area contributed by atoms with E-state index < -0.39 is 0 Å². The molecule has 0 aliphatic carbocycles. The van der Waals surface area contributed by atoms with E-state index in [-0.39, 0.29) is 0 Å². The quantitative estimate of drug-likeness (QED) is 0.885. The van der Waals surface area contributed by atoms with E-state index in [1.807, 2.05) is 22.7 Å². The highest BCUT2D eigenvalue weighted by atomic mass is 32.2. The zero-order valence-corrected chi connectivity index (χ0v) is 13.8. The number of aryl methyl sites for hydroxylation is 2. The van der Waals surface area contributed by atoms with Crippen LogP contribution in [0.1, 0.15) is 38.7 Å². The molecule has 102 valence electrons. The fourth-order valence-electron chi connectivity index (χ4n) is 2.52. The maximum Gasteiger partial charge on any atom is 0.0767 e. The van der Waals surface area contributed by atoms with Crippen LogP contribution in [-0.2, 0) is 12.2 Å². The van der Waals surface area contributed by atoms with Crippen molar-refractivity contribution >= 4 is 34.4 Å². The highest BCUT2D eigenvalue weighted by Gasteiger charge is 2.22. The van der Waals surface area contributed by atoms with Gasteiger partial charge in [-0.1, -0.05) is 6.92 Å². The number of hydrogen-bond donors (Lipinski definition) is 1. The highest BCUT2D eigenvalue weighted by molar-refractivity contribution is 7.98. The Morgan fingerprint density at radius 3 is 3.00 bits per heavy atom. The summed E-state index contributed by atoms with van der Waals surface area (Å²) in [6.45, 7) is 5.43. The first-order chi connectivity index (χ1) is 9.29. The number of thiophene rings is 2. The van der Waals surface area contributed by atoms with E-state index in [0.29, 0.717) is 6.04 Å². The standard InChI is InChI=1S/C15H19NS3/c1-3-16-14(15-10(2)4-7-18-15)13-8-11-9-17-6-5-12(11)19-13/h4,7-8,14,16H,3,5-6,9H2,1-2H3. The van der Waals surface area contributed by atoms with Crippen LogP contribution in [0, 0.1) is 6.92 Å². The molecule has 1 nitrogen and oxygen atoms in total. The van der Waals surface area contributed by atoms with Gasteiger partial charge in [0.15, 0.2) is 0 Å². The molecule has 0 aromatic carbocycles. The van der Waals surface area contributed by atoms with Crippen molar-refractivity contribution < 1.29 is 0 Å². The van der Waals surface area contributed by atoms with E-state index in [0.717, 1.165) is 6.54 Å². The lowest BCUT2D eigenvalue weighted by Gasteiger charge is -2.16. The van der Waals surface area contributed by atoms with Crippen LogP contribution in [0.5, 0.6) is 0 Å². The van der Waals surface area contributed by atoms with Crippen molar-refractivity contribution in [3.63, 3.8) is 0 Å². The third-order valence-electron chi connectivity index (χ3n) is 3.50. The van der Waals surface area contributed by atoms with Gasteiger partial charge >= 0.3 is 0 Å². The van der Waals surface area contributed by atoms with Crippen LogP contribution < -0.4 is 5.32 Å². The van der Waals surface area contributed by atoms with Crippen LogP contribution in [0.2, 0.25) is 0 Å². The van der Waals surface area contributed by atoms with E-state index >= 15 is 0 Å². The average molecular weight is 310 g/mol. The van der Waals surface area contributed by atoms with Gasteiger partial charge in [-0.2, -0.15) is 11.8 Å². The Morgan fingerprint density at radius 1 is 1.42 bits per heavy atom. The number of nitrogens with one attached hydrogen (secondary N) is 1. The first kappa shape index (κ1) is 13.7. The molecule has 2 aromatic rings. The first-order valence-electron chi connectivity index (χ1n) is 6.76. The Hall–Kier alpha value is -0.290. The Bertz CT molecular complexity index is 532. The average Bonchev–Trinajstić information content (AvgIpc) is 3.02. The number of hydrogen-bond acceptors (Lipinski definition) is 4. The van der Waals surface area contributed by atoms with Crippen molar-refractivity contribution in [2.45, 2.75) is 32.1 Å². The maximum absolute atomic E-state index is 3.67. The number of rotatable bonds is 4. The fraction of sp³-hybridized carbons (Fsp3) is 0.467. The topological polar surface area (TPSA) is 12.0 Å². The third-order valence-corrected chi connectivity index (χ3v) is 6.90. The van der Waals surface area contributed by atoms with Crippen molar-refractivity contribution in [2.75, 3.05) is 12.3 Å². The Morgan fingerprint density at radius 2 is 2.32 bits per heavy atom. The Kier molecular flexibility index (Phi) is 4.32. The molecule has 4 heteroatoms. The molecule has 1 aliphatic heterocycles. The second kappa shape index (κ2) is 6.00. The number of thioether (sulfide) groups is 1. The summed E-state index contributed by atoms with van der Waals surface area (Å²) in [6.07, 6.45) is 1.26. The van der Waals surface area contributed by atoms with Gasteiger partial charge < -0.3 is 5.32 Å². The molecule has 3 heterocycles. The predicted octanol–water partition coefficient (Wildman–Crippen LogP) is 4.61. The van der Waals surface area contributed by atoms with Crippen LogP contribution in [0.4, 0.5) is 0 Å². The molecule has 19 heavy (non-hydrogen) atoms. The normalized spacial score (nSPS) is 16.3. The van der Waals surface area contributed by atoms with Crippen molar-refractivity contribution in [3.05, 3.63) is 43.3 Å². The van der Waals surface area contributed by atoms with Gasteiger partial charge in [-0.3, -0.25) is 0 Å². The van der Waals surface area contributed by atoms with Crippen molar-refractivity contribution in [3.8, 4) is 0 Å². The largest absolute Gasteiger partial charge is 0.305 e. The molecular weight excluding hydrogens is 290 g/mol. The van der Waals surface area contributed by atoms with Gasteiger partial charge in [0.25, 0.3) is 0 Å². The molecule has 0 amide bonds. The van der Waals surface area contributed by atoms with Gasteiger partial charge in [0.05, 0.1) is 6.04 Å². The van der Waals surface area contributed by atoms with E-state index in [2.05, 4.69) is 48.4 Å². The SMILES string of the molecule is CCNC(c1cc2c(s1)CCSC2)c1sccc1C. The lowest BCUT2D eigenvalue weighted by atomic mass is 10.1. The lowest BCUT2D eigenvalue weighted by Crippen LogP contribution is -2.20. The fourth-order valence-corrected chi connectivity index (χ4v) is 6.07. The van der Waals surface area contributed by atoms with Crippen molar-refractivity contribution in [2.24, 2.45) is 0 Å². The monoisotopic (exact) mass is 309 g/mol. The van der Waals surface area contributed by atoms with E-state index in [9.17, 15) is 0 Å². The van der Waals surface area contributed by atoms with Gasteiger partial charge in [-0.05, 0) is 54.3 Å². The third kappa shape index (κ3) is 2.77. The zero-order chi connectivity index (χ0) is 13.2. The molecule has 0 fully saturated rings. The molecule has 1 unspecified atom stereocenters. The first-order valence-corrected chi connectivity index (χ1v) is 9.61. The van der Waals surface area contributed by atoms with Gasteiger partial charge in [-0.25, -0.2) is 0 Å². The molecule has 0 radical (unpaired) electrons. The minimum atomic E-state index is 0.394.